The molecule has 1 heterocycles. The summed E-state index contributed by atoms with van der Waals surface area (Å²) >= 11 is 1.02. The summed E-state index contributed by atoms with van der Waals surface area (Å²) in [5.74, 6) is -1.09. The Kier molecular flexibility index (Phi) is 7.70. The highest BCUT2D eigenvalue weighted by Crippen LogP contribution is 2.34. The van der Waals surface area contributed by atoms with Crippen molar-refractivity contribution < 1.29 is 23.9 Å². The number of nitrogens with one attached hydrogen (secondary N) is 1. The molecule has 0 bridgehead atoms. The van der Waals surface area contributed by atoms with Crippen LogP contribution in [0.3, 0.4) is 0 Å². The number of urea groups is 1. The van der Waals surface area contributed by atoms with Gasteiger partial charge in [0.25, 0.3) is 0 Å². The van der Waals surface area contributed by atoms with Crippen LogP contribution >= 0.6 is 11.3 Å². The Morgan fingerprint density at radius 1 is 1.08 bits per heavy atom. The van der Waals surface area contributed by atoms with Gasteiger partial charge in [0.2, 0.25) is 0 Å². The van der Waals surface area contributed by atoms with Crippen LogP contribution in [0.15, 0.2) is 0 Å². The number of thiophene rings is 1. The van der Waals surface area contributed by atoms with Crippen molar-refractivity contribution in [1.29, 1.82) is 0 Å². The summed E-state index contributed by atoms with van der Waals surface area (Å²) in [4.78, 5) is 38.3. The zero-order valence-corrected chi connectivity index (χ0v) is 15.5. The van der Waals surface area contributed by atoms with E-state index >= 15 is 0 Å². The smallest absolute Gasteiger partial charge is 0.348 e. The molecule has 0 atom stereocenters. The number of hydrogen-bond acceptors (Lipinski definition) is 6. The number of esters is 2. The van der Waals surface area contributed by atoms with Crippen LogP contribution in [0.25, 0.3) is 0 Å². The van der Waals surface area contributed by atoms with Crippen LogP contribution in [0.2, 0.25) is 0 Å². The molecule has 1 rings (SSSR count). The van der Waals surface area contributed by atoms with Crippen LogP contribution in [0.1, 0.15) is 52.8 Å². The molecule has 134 valence electrons. The zero-order valence-electron chi connectivity index (χ0n) is 14.7. The Morgan fingerprint density at radius 2 is 1.67 bits per heavy atom. The Labute approximate surface area is 145 Å². The van der Waals surface area contributed by atoms with E-state index in [9.17, 15) is 14.4 Å². The van der Waals surface area contributed by atoms with Gasteiger partial charge in [0.1, 0.15) is 9.88 Å². The average Bonchev–Trinajstić information content (AvgIpc) is 2.84. The van der Waals surface area contributed by atoms with Gasteiger partial charge in [-0.15, -0.1) is 11.3 Å². The quantitative estimate of drug-likeness (QED) is 0.758. The second kappa shape index (κ2) is 9.27. The molecular weight excluding hydrogens is 332 g/mol. The first-order valence-corrected chi connectivity index (χ1v) is 8.68. The van der Waals surface area contributed by atoms with Gasteiger partial charge in [-0.1, -0.05) is 6.92 Å². The van der Waals surface area contributed by atoms with Gasteiger partial charge in [0.15, 0.2) is 0 Å². The molecule has 2 amide bonds. The second-order valence-electron chi connectivity index (χ2n) is 5.05. The highest BCUT2D eigenvalue weighted by molar-refractivity contribution is 7.18. The van der Waals surface area contributed by atoms with E-state index in [1.165, 1.54) is 4.90 Å². The van der Waals surface area contributed by atoms with Crippen LogP contribution < -0.4 is 5.32 Å². The number of nitrogens with zero attached hydrogens (tertiary/aromatic N) is 1. The van der Waals surface area contributed by atoms with E-state index in [4.69, 9.17) is 9.47 Å². The van der Waals surface area contributed by atoms with Gasteiger partial charge in [-0.3, -0.25) is 5.32 Å². The van der Waals surface area contributed by atoms with E-state index < -0.39 is 11.9 Å². The molecule has 0 unspecified atom stereocenters. The van der Waals surface area contributed by atoms with E-state index in [-0.39, 0.29) is 29.7 Å². The van der Waals surface area contributed by atoms with Crippen LogP contribution in [0, 0.1) is 6.92 Å². The van der Waals surface area contributed by atoms with Crippen molar-refractivity contribution in [2.24, 2.45) is 0 Å². The fraction of sp³-hybridized carbons (Fsp3) is 0.562. The fourth-order valence-corrected chi connectivity index (χ4v) is 3.15. The van der Waals surface area contributed by atoms with Gasteiger partial charge in [-0.05, 0) is 32.8 Å². The van der Waals surface area contributed by atoms with Crippen LogP contribution in [0.4, 0.5) is 9.80 Å². The van der Waals surface area contributed by atoms with E-state index in [1.54, 1.807) is 27.8 Å². The number of ether oxygens (including phenoxy) is 2. The summed E-state index contributed by atoms with van der Waals surface area (Å²) < 4.78 is 10.0. The summed E-state index contributed by atoms with van der Waals surface area (Å²) in [7, 11) is 1.66. The van der Waals surface area contributed by atoms with E-state index in [0.717, 1.165) is 17.8 Å². The topological polar surface area (TPSA) is 84.9 Å². The summed E-state index contributed by atoms with van der Waals surface area (Å²) in [6, 6.07) is -0.348. The third-order valence-corrected chi connectivity index (χ3v) is 4.40. The standard InChI is InChI=1S/C16H24N2O5S/c1-6-9-18(5)16(21)17-13-11(14(19)22-7-2)10(4)12(24-13)15(20)23-8-3/h6-9H2,1-5H3,(H,17,21). The summed E-state index contributed by atoms with van der Waals surface area (Å²) in [6.45, 7) is 8.00. The van der Waals surface area contributed by atoms with Crippen molar-refractivity contribution in [3.05, 3.63) is 16.0 Å². The molecule has 0 aromatic carbocycles. The molecule has 0 aliphatic rings. The molecule has 1 aromatic rings. The summed E-state index contributed by atoms with van der Waals surface area (Å²) in [5.41, 5.74) is 0.647. The van der Waals surface area contributed by atoms with E-state index in [0.29, 0.717) is 17.1 Å². The predicted octanol–water partition coefficient (Wildman–Crippen LogP) is 3.28. The number of anilines is 1. The minimum absolute atomic E-state index is 0.197. The maximum Gasteiger partial charge on any atom is 0.348 e. The van der Waals surface area contributed by atoms with Crippen molar-refractivity contribution >= 4 is 34.3 Å². The van der Waals surface area contributed by atoms with Crippen molar-refractivity contribution in [1.82, 2.24) is 4.90 Å². The molecular formula is C16H24N2O5S. The molecule has 24 heavy (non-hydrogen) atoms. The monoisotopic (exact) mass is 356 g/mol. The van der Waals surface area contributed by atoms with Gasteiger partial charge >= 0.3 is 18.0 Å². The first kappa shape index (κ1) is 20.0. The SMILES string of the molecule is CCCN(C)C(=O)Nc1sc(C(=O)OCC)c(C)c1C(=O)OCC. The lowest BCUT2D eigenvalue weighted by Crippen LogP contribution is -2.32. The Balaban J connectivity index is 3.20. The number of amides is 2. The normalized spacial score (nSPS) is 10.2. The fourth-order valence-electron chi connectivity index (χ4n) is 2.07. The van der Waals surface area contributed by atoms with Gasteiger partial charge in [0.05, 0.1) is 18.8 Å². The maximum atomic E-state index is 12.2. The van der Waals surface area contributed by atoms with Crippen molar-refractivity contribution in [3.8, 4) is 0 Å². The van der Waals surface area contributed by atoms with Crippen molar-refractivity contribution in [3.63, 3.8) is 0 Å². The third kappa shape index (κ3) is 4.70. The molecule has 0 fully saturated rings. The first-order valence-electron chi connectivity index (χ1n) is 7.86. The lowest BCUT2D eigenvalue weighted by atomic mass is 10.1. The molecule has 1 N–H and O–H groups in total. The number of carbonyl (C=O) groups excluding carboxylic acids is 3. The third-order valence-electron chi connectivity index (χ3n) is 3.21. The van der Waals surface area contributed by atoms with Crippen LogP contribution in [0.5, 0.6) is 0 Å². The first-order chi connectivity index (χ1) is 11.4. The molecule has 1 aromatic heterocycles. The maximum absolute atomic E-state index is 12.2. The molecule has 0 spiro atoms. The summed E-state index contributed by atoms with van der Waals surface area (Å²) in [6.07, 6.45) is 0.812. The highest BCUT2D eigenvalue weighted by Gasteiger charge is 2.27. The van der Waals surface area contributed by atoms with E-state index in [1.807, 2.05) is 6.92 Å². The molecule has 0 aliphatic heterocycles. The highest BCUT2D eigenvalue weighted by atomic mass is 32.1. The lowest BCUT2D eigenvalue weighted by Gasteiger charge is -2.16. The molecule has 7 nitrogen and oxygen atoms in total. The number of rotatable bonds is 7. The average molecular weight is 356 g/mol. The Morgan fingerprint density at radius 3 is 2.21 bits per heavy atom. The molecule has 0 radical (unpaired) electrons. The number of carbonyl (C=O) groups is 3. The molecule has 0 saturated carbocycles. The van der Waals surface area contributed by atoms with Crippen LogP contribution in [-0.4, -0.2) is 49.7 Å². The van der Waals surface area contributed by atoms with Gasteiger partial charge in [-0.2, -0.15) is 0 Å². The summed E-state index contributed by atoms with van der Waals surface area (Å²) in [5, 5.41) is 2.98. The van der Waals surface area contributed by atoms with E-state index in [2.05, 4.69) is 5.32 Å². The number of hydrogen-bond donors (Lipinski definition) is 1. The predicted molar refractivity (Wildman–Crippen MR) is 92.9 cm³/mol. The largest absolute Gasteiger partial charge is 0.462 e. The molecule has 8 heteroatoms. The molecule has 0 saturated heterocycles. The van der Waals surface area contributed by atoms with Crippen molar-refractivity contribution in [2.75, 3.05) is 32.1 Å². The van der Waals surface area contributed by atoms with Gasteiger partial charge < -0.3 is 14.4 Å². The minimum Gasteiger partial charge on any atom is -0.462 e. The second-order valence-corrected chi connectivity index (χ2v) is 6.07. The molecule has 0 aliphatic carbocycles. The minimum atomic E-state index is -0.574. The van der Waals surface area contributed by atoms with Crippen LogP contribution in [-0.2, 0) is 9.47 Å². The van der Waals surface area contributed by atoms with Gasteiger partial charge in [-0.25, -0.2) is 14.4 Å². The zero-order chi connectivity index (χ0) is 18.3. The van der Waals surface area contributed by atoms with Gasteiger partial charge in [0, 0.05) is 13.6 Å². The lowest BCUT2D eigenvalue weighted by molar-refractivity contribution is 0.0527. The Bertz CT molecular complexity index is 612. The Hall–Kier alpha value is -2.09. The van der Waals surface area contributed by atoms with Crippen molar-refractivity contribution in [2.45, 2.75) is 34.1 Å².